The second-order valence-electron chi connectivity index (χ2n) is 6.52. The Morgan fingerprint density at radius 2 is 2.12 bits per heavy atom. The number of anilines is 1. The van der Waals surface area contributed by atoms with Gasteiger partial charge in [-0.1, -0.05) is 18.2 Å². The van der Waals surface area contributed by atoms with Crippen LogP contribution in [0.2, 0.25) is 0 Å². The lowest BCUT2D eigenvalue weighted by Crippen LogP contribution is -2.46. The molecule has 1 fully saturated rings. The first-order valence-electron chi connectivity index (χ1n) is 8.78. The van der Waals surface area contributed by atoms with Crippen LogP contribution in [-0.2, 0) is 9.53 Å². The maximum Gasteiger partial charge on any atom is 0.242 e. The number of carbonyl (C=O) groups is 1. The summed E-state index contributed by atoms with van der Waals surface area (Å²) in [6.07, 6.45) is 0.0779. The molecule has 0 bridgehead atoms. The van der Waals surface area contributed by atoms with Gasteiger partial charge in [0, 0.05) is 29.9 Å². The van der Waals surface area contributed by atoms with Gasteiger partial charge in [-0.05, 0) is 19.1 Å². The first kappa shape index (κ1) is 16.7. The molecule has 0 aliphatic carbocycles. The van der Waals surface area contributed by atoms with Crippen molar-refractivity contribution in [1.29, 1.82) is 0 Å². The molecule has 1 aromatic heterocycles. The summed E-state index contributed by atoms with van der Waals surface area (Å²) in [4.78, 5) is 14.3. The van der Waals surface area contributed by atoms with Crippen molar-refractivity contribution >= 4 is 33.5 Å². The Bertz CT molecular complexity index is 950. The number of hydrogen-bond donors (Lipinski definition) is 1. The van der Waals surface area contributed by atoms with Crippen molar-refractivity contribution < 1.29 is 18.7 Å². The van der Waals surface area contributed by atoms with Crippen LogP contribution in [0.5, 0.6) is 5.75 Å². The zero-order chi connectivity index (χ0) is 18.1. The van der Waals surface area contributed by atoms with Gasteiger partial charge in [-0.25, -0.2) is 0 Å². The summed E-state index contributed by atoms with van der Waals surface area (Å²) in [6.45, 7) is 4.02. The number of fused-ring (bicyclic) bond motifs is 3. The third-order valence-electron chi connectivity index (χ3n) is 4.72. The number of methoxy groups -OCH3 is 1. The summed E-state index contributed by atoms with van der Waals surface area (Å²) >= 11 is 0. The zero-order valence-electron chi connectivity index (χ0n) is 15.0. The molecular weight excluding hydrogens is 332 g/mol. The predicted octanol–water partition coefficient (Wildman–Crippen LogP) is 3.25. The molecule has 2 aromatic carbocycles. The molecule has 1 aliphatic rings. The number of rotatable bonds is 4. The third kappa shape index (κ3) is 3.08. The van der Waals surface area contributed by atoms with Crippen LogP contribution >= 0.6 is 0 Å². The number of nitrogens with zero attached hydrogens (tertiary/aromatic N) is 1. The Kier molecular flexibility index (Phi) is 4.42. The average molecular weight is 354 g/mol. The average Bonchev–Trinajstić information content (AvgIpc) is 3.02. The van der Waals surface area contributed by atoms with Gasteiger partial charge in [0.2, 0.25) is 5.91 Å². The number of hydrogen-bond acceptors (Lipinski definition) is 5. The van der Waals surface area contributed by atoms with E-state index in [2.05, 4.69) is 5.32 Å². The number of morpholine rings is 1. The highest BCUT2D eigenvalue weighted by atomic mass is 16.5. The number of amides is 1. The molecule has 1 atom stereocenters. The van der Waals surface area contributed by atoms with Crippen LogP contribution in [0.15, 0.2) is 40.8 Å². The number of furan rings is 1. The van der Waals surface area contributed by atoms with Crippen LogP contribution in [0.3, 0.4) is 0 Å². The van der Waals surface area contributed by atoms with E-state index in [1.165, 1.54) is 0 Å². The summed E-state index contributed by atoms with van der Waals surface area (Å²) in [5, 5.41) is 5.24. The highest BCUT2D eigenvalue weighted by Gasteiger charge is 2.21. The summed E-state index contributed by atoms with van der Waals surface area (Å²) in [6, 6.07) is 11.7. The van der Waals surface area contributed by atoms with Gasteiger partial charge in [0.25, 0.3) is 0 Å². The van der Waals surface area contributed by atoms with E-state index in [-0.39, 0.29) is 18.6 Å². The predicted molar refractivity (Wildman–Crippen MR) is 101 cm³/mol. The van der Waals surface area contributed by atoms with Gasteiger partial charge in [-0.15, -0.1) is 0 Å². The number of para-hydroxylation sites is 1. The van der Waals surface area contributed by atoms with Crippen LogP contribution in [-0.4, -0.2) is 50.3 Å². The van der Waals surface area contributed by atoms with Crippen LogP contribution in [0.25, 0.3) is 21.9 Å². The van der Waals surface area contributed by atoms with Crippen LogP contribution < -0.4 is 10.1 Å². The van der Waals surface area contributed by atoms with E-state index in [0.717, 1.165) is 27.6 Å². The van der Waals surface area contributed by atoms with E-state index in [4.69, 9.17) is 13.9 Å². The minimum Gasteiger partial charge on any atom is -0.495 e. The Balaban J connectivity index is 1.57. The second kappa shape index (κ2) is 6.88. The molecule has 0 saturated carbocycles. The molecule has 136 valence electrons. The standard InChI is InChI=1S/C20H22N2O4/c1-13-12-22(7-8-25-13)20(23)11-21-16-10-18-15(9-19(16)24-2)14-5-3-4-6-17(14)26-18/h3-6,9-10,13,21H,7-8,11-12H2,1-2H3. The first-order chi connectivity index (χ1) is 12.7. The molecule has 1 aliphatic heterocycles. The number of carbonyl (C=O) groups excluding carboxylic acids is 1. The minimum atomic E-state index is 0.0481. The van der Waals surface area contributed by atoms with Crippen molar-refractivity contribution in [2.45, 2.75) is 13.0 Å². The molecule has 1 saturated heterocycles. The van der Waals surface area contributed by atoms with Crippen LogP contribution in [0.4, 0.5) is 5.69 Å². The number of benzene rings is 2. The van der Waals surface area contributed by atoms with E-state index < -0.39 is 0 Å². The lowest BCUT2D eigenvalue weighted by Gasteiger charge is -2.31. The van der Waals surface area contributed by atoms with Crippen LogP contribution in [0, 0.1) is 0 Å². The van der Waals surface area contributed by atoms with Gasteiger partial charge < -0.3 is 24.1 Å². The van der Waals surface area contributed by atoms with Gasteiger partial charge >= 0.3 is 0 Å². The van der Waals surface area contributed by atoms with Gasteiger partial charge in [0.15, 0.2) is 0 Å². The molecule has 3 aromatic rings. The molecule has 0 spiro atoms. The van der Waals surface area contributed by atoms with Crippen LogP contribution in [0.1, 0.15) is 6.92 Å². The van der Waals surface area contributed by atoms with E-state index in [1.807, 2.05) is 48.2 Å². The number of ether oxygens (including phenoxy) is 2. The zero-order valence-corrected chi connectivity index (χ0v) is 15.0. The molecule has 0 radical (unpaired) electrons. The third-order valence-corrected chi connectivity index (χ3v) is 4.72. The van der Waals surface area contributed by atoms with Crippen molar-refractivity contribution in [3.05, 3.63) is 36.4 Å². The topological polar surface area (TPSA) is 63.9 Å². The Morgan fingerprint density at radius 3 is 2.92 bits per heavy atom. The summed E-state index contributed by atoms with van der Waals surface area (Å²) < 4.78 is 16.9. The Hall–Kier alpha value is -2.73. The maximum atomic E-state index is 12.5. The highest BCUT2D eigenvalue weighted by Crippen LogP contribution is 2.36. The van der Waals surface area contributed by atoms with E-state index >= 15 is 0 Å². The summed E-state index contributed by atoms with van der Waals surface area (Å²) in [5.41, 5.74) is 2.34. The van der Waals surface area contributed by atoms with Crippen molar-refractivity contribution in [3.63, 3.8) is 0 Å². The van der Waals surface area contributed by atoms with E-state index in [0.29, 0.717) is 25.4 Å². The van der Waals surface area contributed by atoms with E-state index in [9.17, 15) is 4.79 Å². The summed E-state index contributed by atoms with van der Waals surface area (Å²) in [5.74, 6) is 0.735. The molecule has 2 heterocycles. The largest absolute Gasteiger partial charge is 0.495 e. The first-order valence-corrected chi connectivity index (χ1v) is 8.78. The quantitative estimate of drug-likeness (QED) is 0.779. The van der Waals surface area contributed by atoms with Gasteiger partial charge in [0.05, 0.1) is 32.1 Å². The normalized spacial score (nSPS) is 17.6. The smallest absolute Gasteiger partial charge is 0.242 e. The van der Waals surface area contributed by atoms with Gasteiger partial charge in [-0.2, -0.15) is 0 Å². The molecule has 4 rings (SSSR count). The monoisotopic (exact) mass is 354 g/mol. The molecular formula is C20H22N2O4. The molecule has 1 N–H and O–H groups in total. The maximum absolute atomic E-state index is 12.5. The fraction of sp³-hybridized carbons (Fsp3) is 0.350. The molecule has 26 heavy (non-hydrogen) atoms. The van der Waals surface area contributed by atoms with Crippen molar-refractivity contribution in [3.8, 4) is 5.75 Å². The molecule has 6 heteroatoms. The Morgan fingerprint density at radius 1 is 1.27 bits per heavy atom. The molecule has 6 nitrogen and oxygen atoms in total. The lowest BCUT2D eigenvalue weighted by molar-refractivity contribution is -0.136. The lowest BCUT2D eigenvalue weighted by atomic mass is 10.1. The fourth-order valence-electron chi connectivity index (χ4n) is 3.39. The fourth-order valence-corrected chi connectivity index (χ4v) is 3.39. The Labute approximate surface area is 151 Å². The van der Waals surface area contributed by atoms with Crippen molar-refractivity contribution in [2.24, 2.45) is 0 Å². The highest BCUT2D eigenvalue weighted by molar-refractivity contribution is 6.06. The number of nitrogens with one attached hydrogen (secondary N) is 1. The van der Waals surface area contributed by atoms with Crippen molar-refractivity contribution in [1.82, 2.24) is 4.90 Å². The van der Waals surface area contributed by atoms with E-state index in [1.54, 1.807) is 7.11 Å². The SMILES string of the molecule is COc1cc2c(cc1NCC(=O)N1CCOC(C)C1)oc1ccccc12. The molecule has 1 unspecified atom stereocenters. The van der Waals surface area contributed by atoms with Crippen molar-refractivity contribution in [2.75, 3.05) is 38.7 Å². The van der Waals surface area contributed by atoms with Gasteiger partial charge in [-0.3, -0.25) is 4.79 Å². The molecule has 1 amide bonds. The summed E-state index contributed by atoms with van der Waals surface area (Å²) in [7, 11) is 1.63. The van der Waals surface area contributed by atoms with Gasteiger partial charge in [0.1, 0.15) is 16.9 Å². The second-order valence-corrected chi connectivity index (χ2v) is 6.52. The minimum absolute atomic E-state index is 0.0481.